The molecule has 0 amide bonds. The number of nitrogens with zero attached hydrogens (tertiary/aromatic N) is 3. The first-order valence-corrected chi connectivity index (χ1v) is 4.33. The largest absolute Gasteiger partial charge is 0.476 e. The third-order valence-corrected chi connectivity index (χ3v) is 1.86. The fourth-order valence-electron chi connectivity index (χ4n) is 1.22. The van der Waals surface area contributed by atoms with Gasteiger partial charge < -0.3 is 4.74 Å². The van der Waals surface area contributed by atoms with E-state index < -0.39 is 4.92 Å². The lowest BCUT2D eigenvalue weighted by Gasteiger charge is -1.96. The number of fused-ring (bicyclic) bond motifs is 1. The lowest BCUT2D eigenvalue weighted by atomic mass is 10.3. The van der Waals surface area contributed by atoms with E-state index in [-0.39, 0.29) is 5.69 Å². The molecule has 2 heterocycles. The molecule has 2 rings (SSSR count). The van der Waals surface area contributed by atoms with Crippen LogP contribution in [0.2, 0.25) is 0 Å². The highest BCUT2D eigenvalue weighted by atomic mass is 16.6. The molecule has 0 aliphatic carbocycles. The van der Waals surface area contributed by atoms with Crippen LogP contribution in [0.1, 0.15) is 6.92 Å². The molecule has 0 spiro atoms. The number of hydrogen-bond acceptors (Lipinski definition) is 5. The molecule has 0 aliphatic rings. The summed E-state index contributed by atoms with van der Waals surface area (Å²) in [6, 6.07) is 1.39. The molecule has 0 aromatic carbocycles. The number of nitro groups is 1. The minimum absolute atomic E-state index is 0.0788. The number of hydrogen-bond donors (Lipinski definition) is 1. The van der Waals surface area contributed by atoms with Gasteiger partial charge in [-0.05, 0) is 6.92 Å². The average molecular weight is 208 g/mol. The normalized spacial score (nSPS) is 10.5. The highest BCUT2D eigenvalue weighted by molar-refractivity contribution is 5.82. The van der Waals surface area contributed by atoms with Gasteiger partial charge in [0.1, 0.15) is 6.20 Å². The Morgan fingerprint density at radius 1 is 1.67 bits per heavy atom. The van der Waals surface area contributed by atoms with Crippen molar-refractivity contribution in [1.82, 2.24) is 15.2 Å². The summed E-state index contributed by atoms with van der Waals surface area (Å²) in [6.45, 7) is 2.26. The summed E-state index contributed by atoms with van der Waals surface area (Å²) in [5.41, 5.74) is 0.397. The summed E-state index contributed by atoms with van der Waals surface area (Å²) >= 11 is 0. The predicted octanol–water partition coefficient (Wildman–Crippen LogP) is 1.26. The molecular weight excluding hydrogens is 200 g/mol. The highest BCUT2D eigenvalue weighted by Crippen LogP contribution is 2.24. The van der Waals surface area contributed by atoms with Gasteiger partial charge in [-0.25, -0.2) is 4.98 Å². The second-order valence-electron chi connectivity index (χ2n) is 2.81. The van der Waals surface area contributed by atoms with Crippen LogP contribution in [0.15, 0.2) is 12.3 Å². The van der Waals surface area contributed by atoms with Gasteiger partial charge in [-0.3, -0.25) is 15.2 Å². The van der Waals surface area contributed by atoms with E-state index in [1.54, 1.807) is 0 Å². The number of nitrogens with one attached hydrogen (secondary N) is 1. The van der Waals surface area contributed by atoms with Gasteiger partial charge in [-0.2, -0.15) is 0 Å². The predicted molar refractivity (Wildman–Crippen MR) is 51.7 cm³/mol. The Kier molecular flexibility index (Phi) is 2.20. The Balaban J connectivity index is 2.56. The molecule has 2 aromatic rings. The summed E-state index contributed by atoms with van der Waals surface area (Å²) in [5, 5.41) is 17.5. The molecular formula is C8H8N4O3. The molecule has 7 heteroatoms. The SMILES string of the molecule is CCOc1n[nH]c2ncc([N+](=O)[O-])cc12. The molecule has 7 nitrogen and oxygen atoms in total. The number of H-pyrrole nitrogens is 1. The maximum Gasteiger partial charge on any atom is 0.288 e. The van der Waals surface area contributed by atoms with Crippen molar-refractivity contribution in [2.75, 3.05) is 6.61 Å². The van der Waals surface area contributed by atoms with Crippen LogP contribution < -0.4 is 4.74 Å². The Bertz CT molecular complexity index is 508. The topological polar surface area (TPSA) is 93.9 Å². The fraction of sp³-hybridized carbons (Fsp3) is 0.250. The second-order valence-corrected chi connectivity index (χ2v) is 2.81. The van der Waals surface area contributed by atoms with Crippen LogP contribution in [-0.4, -0.2) is 26.7 Å². The molecule has 1 N–H and O–H groups in total. The Labute approximate surface area is 84.2 Å². The van der Waals surface area contributed by atoms with Crippen LogP contribution in [0.5, 0.6) is 5.88 Å². The summed E-state index contributed by atoms with van der Waals surface area (Å²) in [7, 11) is 0. The number of rotatable bonds is 3. The van der Waals surface area contributed by atoms with Crippen molar-refractivity contribution in [3.05, 3.63) is 22.4 Å². The van der Waals surface area contributed by atoms with E-state index >= 15 is 0 Å². The Morgan fingerprint density at radius 3 is 3.13 bits per heavy atom. The molecule has 0 unspecified atom stereocenters. The zero-order valence-electron chi connectivity index (χ0n) is 7.93. The van der Waals surface area contributed by atoms with Gasteiger partial charge in [-0.15, -0.1) is 5.10 Å². The Hall–Kier alpha value is -2.18. The zero-order valence-corrected chi connectivity index (χ0v) is 7.93. The average Bonchev–Trinajstić information content (AvgIpc) is 2.61. The van der Waals surface area contributed by atoms with Crippen molar-refractivity contribution in [3.8, 4) is 5.88 Å². The van der Waals surface area contributed by atoms with E-state index in [0.717, 1.165) is 0 Å². The zero-order chi connectivity index (χ0) is 10.8. The van der Waals surface area contributed by atoms with Gasteiger partial charge in [0.25, 0.3) is 5.69 Å². The van der Waals surface area contributed by atoms with Crippen LogP contribution in [0.25, 0.3) is 11.0 Å². The number of aromatic nitrogens is 3. The van der Waals surface area contributed by atoms with Crippen molar-refractivity contribution >= 4 is 16.7 Å². The van der Waals surface area contributed by atoms with Crippen molar-refractivity contribution in [1.29, 1.82) is 0 Å². The van der Waals surface area contributed by atoms with E-state index in [1.807, 2.05) is 6.92 Å². The van der Waals surface area contributed by atoms with Crippen molar-refractivity contribution in [2.24, 2.45) is 0 Å². The van der Waals surface area contributed by atoms with Crippen molar-refractivity contribution < 1.29 is 9.66 Å². The first-order valence-electron chi connectivity index (χ1n) is 4.33. The molecule has 15 heavy (non-hydrogen) atoms. The van der Waals surface area contributed by atoms with Crippen LogP contribution in [0, 0.1) is 10.1 Å². The quantitative estimate of drug-likeness (QED) is 0.605. The van der Waals surface area contributed by atoms with Gasteiger partial charge in [-0.1, -0.05) is 0 Å². The smallest absolute Gasteiger partial charge is 0.288 e. The van der Waals surface area contributed by atoms with Crippen LogP contribution in [0.3, 0.4) is 0 Å². The summed E-state index contributed by atoms with van der Waals surface area (Å²) < 4.78 is 5.19. The first kappa shape index (κ1) is 9.38. The van der Waals surface area contributed by atoms with Crippen LogP contribution in [0.4, 0.5) is 5.69 Å². The molecule has 0 atom stereocenters. The summed E-state index contributed by atoms with van der Waals surface area (Å²) in [4.78, 5) is 13.9. The molecule has 0 aliphatic heterocycles. The fourth-order valence-corrected chi connectivity index (χ4v) is 1.22. The van der Waals surface area contributed by atoms with Gasteiger partial charge in [0.2, 0.25) is 5.88 Å². The van der Waals surface area contributed by atoms with E-state index in [1.165, 1.54) is 12.3 Å². The van der Waals surface area contributed by atoms with Crippen molar-refractivity contribution in [2.45, 2.75) is 6.92 Å². The molecule has 0 fully saturated rings. The second kappa shape index (κ2) is 3.52. The first-order chi connectivity index (χ1) is 7.22. The molecule has 78 valence electrons. The molecule has 2 aromatic heterocycles. The maximum atomic E-state index is 10.5. The standard InChI is InChI=1S/C8H8N4O3/c1-2-15-8-6-3-5(12(13)14)4-9-7(6)10-11-8/h3-4H,2H2,1H3,(H,9,10,11). The van der Waals surface area contributed by atoms with E-state index in [9.17, 15) is 10.1 Å². The molecule has 0 saturated heterocycles. The van der Waals surface area contributed by atoms with Crippen LogP contribution >= 0.6 is 0 Å². The van der Waals surface area contributed by atoms with Crippen molar-refractivity contribution in [3.63, 3.8) is 0 Å². The van der Waals surface area contributed by atoms with Gasteiger partial charge >= 0.3 is 0 Å². The summed E-state index contributed by atoms with van der Waals surface area (Å²) in [5.74, 6) is 0.337. The summed E-state index contributed by atoms with van der Waals surface area (Å²) in [6.07, 6.45) is 1.18. The van der Waals surface area contributed by atoms with Gasteiger partial charge in [0.05, 0.1) is 16.9 Å². The molecule has 0 saturated carbocycles. The third kappa shape index (κ3) is 1.58. The minimum atomic E-state index is -0.505. The van der Waals surface area contributed by atoms with Gasteiger partial charge in [0.15, 0.2) is 5.65 Å². The highest BCUT2D eigenvalue weighted by Gasteiger charge is 2.13. The number of pyridine rings is 1. The number of aromatic amines is 1. The molecule has 0 bridgehead atoms. The van der Waals surface area contributed by atoms with E-state index in [0.29, 0.717) is 23.5 Å². The minimum Gasteiger partial charge on any atom is -0.476 e. The monoisotopic (exact) mass is 208 g/mol. The number of ether oxygens (including phenoxy) is 1. The molecule has 0 radical (unpaired) electrons. The lowest BCUT2D eigenvalue weighted by Crippen LogP contribution is -1.92. The van der Waals surface area contributed by atoms with Gasteiger partial charge in [0, 0.05) is 6.07 Å². The maximum absolute atomic E-state index is 10.5. The lowest BCUT2D eigenvalue weighted by molar-refractivity contribution is -0.385. The van der Waals surface area contributed by atoms with E-state index in [2.05, 4.69) is 15.2 Å². The Morgan fingerprint density at radius 2 is 2.47 bits per heavy atom. The van der Waals surface area contributed by atoms with Crippen LogP contribution in [-0.2, 0) is 0 Å². The third-order valence-electron chi connectivity index (χ3n) is 1.86. The van der Waals surface area contributed by atoms with E-state index in [4.69, 9.17) is 4.74 Å².